The second kappa shape index (κ2) is 3.95. The minimum absolute atomic E-state index is 0.460. The molecule has 76 valence electrons. The van der Waals surface area contributed by atoms with Gasteiger partial charge in [-0.05, 0) is 37.0 Å². The Kier molecular flexibility index (Phi) is 3.33. The lowest BCUT2D eigenvalue weighted by molar-refractivity contribution is 0.167. The molecule has 1 aliphatic carbocycles. The predicted octanol–water partition coefficient (Wildman–Crippen LogP) is 3.13. The molecule has 0 heterocycles. The molecule has 0 spiro atoms. The number of nitrogens with two attached hydrogens (primary N) is 1. The van der Waals surface area contributed by atoms with E-state index in [9.17, 15) is 0 Å². The smallest absolute Gasteiger partial charge is 0.0758 e. The van der Waals surface area contributed by atoms with Crippen molar-refractivity contribution in [2.45, 2.75) is 46.5 Å². The van der Waals surface area contributed by atoms with Gasteiger partial charge in [-0.15, -0.1) is 0 Å². The van der Waals surface area contributed by atoms with E-state index in [1.807, 2.05) is 0 Å². The summed E-state index contributed by atoms with van der Waals surface area (Å²) in [7, 11) is 0. The fraction of sp³-hybridized carbons (Fsp3) is 0.909. The third-order valence-electron chi connectivity index (χ3n) is 3.35. The largest absolute Gasteiger partial charge is 0.393 e. The molecule has 0 aromatic carbocycles. The molecule has 2 heteroatoms. The summed E-state index contributed by atoms with van der Waals surface area (Å²) >= 11 is 5.03. The van der Waals surface area contributed by atoms with Crippen LogP contribution in [-0.4, -0.2) is 4.99 Å². The quantitative estimate of drug-likeness (QED) is 0.657. The van der Waals surface area contributed by atoms with E-state index in [-0.39, 0.29) is 0 Å². The van der Waals surface area contributed by atoms with Crippen molar-refractivity contribution in [3.05, 3.63) is 0 Å². The Bertz CT molecular complexity index is 185. The normalized spacial score (nSPS) is 30.1. The lowest BCUT2D eigenvalue weighted by atomic mass is 9.70. The van der Waals surface area contributed by atoms with Crippen LogP contribution in [0.4, 0.5) is 0 Å². The lowest BCUT2D eigenvalue weighted by Gasteiger charge is -2.36. The van der Waals surface area contributed by atoms with E-state index < -0.39 is 0 Å². The molecule has 1 saturated carbocycles. The lowest BCUT2D eigenvalue weighted by Crippen LogP contribution is -2.30. The van der Waals surface area contributed by atoms with Crippen LogP contribution in [0.3, 0.4) is 0 Å². The number of rotatable bonds is 1. The Hall–Kier alpha value is -0.110. The summed E-state index contributed by atoms with van der Waals surface area (Å²) in [5.41, 5.74) is 6.11. The molecule has 0 bridgehead atoms. The highest BCUT2D eigenvalue weighted by molar-refractivity contribution is 7.80. The summed E-state index contributed by atoms with van der Waals surface area (Å²) in [5, 5.41) is 0. The molecule has 0 atom stereocenters. The fourth-order valence-corrected chi connectivity index (χ4v) is 2.48. The molecule has 1 aliphatic rings. The summed E-state index contributed by atoms with van der Waals surface area (Å²) in [5.74, 6) is 1.38. The van der Waals surface area contributed by atoms with Crippen LogP contribution in [0.5, 0.6) is 0 Å². The van der Waals surface area contributed by atoms with Crippen LogP contribution in [0.15, 0.2) is 0 Å². The summed E-state index contributed by atoms with van der Waals surface area (Å²) in [6.45, 7) is 7.00. The zero-order chi connectivity index (χ0) is 10.1. The topological polar surface area (TPSA) is 26.0 Å². The van der Waals surface area contributed by atoms with Gasteiger partial charge in [-0.25, -0.2) is 0 Å². The van der Waals surface area contributed by atoms with Crippen molar-refractivity contribution < 1.29 is 0 Å². The van der Waals surface area contributed by atoms with Gasteiger partial charge in [0.15, 0.2) is 0 Å². The fourth-order valence-electron chi connectivity index (χ4n) is 2.24. The van der Waals surface area contributed by atoms with E-state index in [0.717, 1.165) is 10.9 Å². The molecule has 1 rings (SSSR count). The van der Waals surface area contributed by atoms with Gasteiger partial charge in [0.05, 0.1) is 4.99 Å². The molecule has 1 nitrogen and oxygen atoms in total. The van der Waals surface area contributed by atoms with Crippen LogP contribution < -0.4 is 5.73 Å². The highest BCUT2D eigenvalue weighted by Crippen LogP contribution is 2.39. The highest BCUT2D eigenvalue weighted by Gasteiger charge is 2.30. The Balaban J connectivity index is 2.44. The zero-order valence-electron chi connectivity index (χ0n) is 8.97. The zero-order valence-corrected chi connectivity index (χ0v) is 9.79. The standard InChI is InChI=1S/C11H21NS/c1-11(2,3)9-6-4-8(5-7-9)10(12)13/h8-9H,4-7H2,1-3H3,(H2,12,13). The average molecular weight is 199 g/mol. The Labute approximate surface area is 87.1 Å². The van der Waals surface area contributed by atoms with Crippen LogP contribution in [0.2, 0.25) is 0 Å². The molecule has 2 N–H and O–H groups in total. The molecule has 0 aromatic rings. The minimum atomic E-state index is 0.460. The number of hydrogen-bond donors (Lipinski definition) is 1. The Morgan fingerprint density at radius 3 is 1.92 bits per heavy atom. The van der Waals surface area contributed by atoms with E-state index in [0.29, 0.717) is 11.3 Å². The highest BCUT2D eigenvalue weighted by atomic mass is 32.1. The molecule has 13 heavy (non-hydrogen) atoms. The van der Waals surface area contributed by atoms with E-state index in [1.165, 1.54) is 25.7 Å². The summed E-state index contributed by atoms with van der Waals surface area (Å²) in [6, 6.07) is 0. The molecule has 0 saturated heterocycles. The molecule has 0 radical (unpaired) electrons. The van der Waals surface area contributed by atoms with Gasteiger partial charge in [0.2, 0.25) is 0 Å². The van der Waals surface area contributed by atoms with Crippen molar-refractivity contribution in [1.82, 2.24) is 0 Å². The van der Waals surface area contributed by atoms with Crippen molar-refractivity contribution in [3.63, 3.8) is 0 Å². The van der Waals surface area contributed by atoms with Gasteiger partial charge in [0, 0.05) is 5.92 Å². The maximum absolute atomic E-state index is 5.65. The maximum atomic E-state index is 5.65. The van der Waals surface area contributed by atoms with Gasteiger partial charge >= 0.3 is 0 Å². The van der Waals surface area contributed by atoms with Crippen LogP contribution >= 0.6 is 12.2 Å². The Morgan fingerprint density at radius 2 is 1.62 bits per heavy atom. The molecule has 0 aliphatic heterocycles. The van der Waals surface area contributed by atoms with Gasteiger partial charge in [-0.3, -0.25) is 0 Å². The first-order valence-corrected chi connectivity index (χ1v) is 5.61. The van der Waals surface area contributed by atoms with Gasteiger partial charge in [-0.1, -0.05) is 33.0 Å². The van der Waals surface area contributed by atoms with Crippen molar-refractivity contribution in [3.8, 4) is 0 Å². The molecule has 1 fully saturated rings. The van der Waals surface area contributed by atoms with E-state index >= 15 is 0 Å². The van der Waals surface area contributed by atoms with Crippen LogP contribution in [0.25, 0.3) is 0 Å². The first-order chi connectivity index (χ1) is 5.91. The first kappa shape index (κ1) is 11.0. The summed E-state index contributed by atoms with van der Waals surface area (Å²) < 4.78 is 0. The van der Waals surface area contributed by atoms with Gasteiger partial charge in [0.1, 0.15) is 0 Å². The van der Waals surface area contributed by atoms with Gasteiger partial charge in [-0.2, -0.15) is 0 Å². The monoisotopic (exact) mass is 199 g/mol. The van der Waals surface area contributed by atoms with Crippen LogP contribution in [0.1, 0.15) is 46.5 Å². The summed E-state index contributed by atoms with van der Waals surface area (Å²) in [4.78, 5) is 0.729. The van der Waals surface area contributed by atoms with Gasteiger partial charge in [0.25, 0.3) is 0 Å². The minimum Gasteiger partial charge on any atom is -0.393 e. The van der Waals surface area contributed by atoms with Crippen LogP contribution in [0, 0.1) is 17.3 Å². The van der Waals surface area contributed by atoms with Crippen molar-refractivity contribution in [2.75, 3.05) is 0 Å². The SMILES string of the molecule is CC(C)(C)C1CCC(C(N)=S)CC1. The van der Waals surface area contributed by atoms with Crippen molar-refractivity contribution >= 4 is 17.2 Å². The second-order valence-corrected chi connectivity index (χ2v) is 5.79. The Morgan fingerprint density at radius 1 is 1.15 bits per heavy atom. The van der Waals surface area contributed by atoms with E-state index in [1.54, 1.807) is 0 Å². The van der Waals surface area contributed by atoms with Crippen molar-refractivity contribution in [1.29, 1.82) is 0 Å². The molecular formula is C11H21NS. The van der Waals surface area contributed by atoms with Gasteiger partial charge < -0.3 is 5.73 Å². The number of hydrogen-bond acceptors (Lipinski definition) is 1. The van der Waals surface area contributed by atoms with E-state index in [4.69, 9.17) is 18.0 Å². The first-order valence-electron chi connectivity index (χ1n) is 5.20. The predicted molar refractivity (Wildman–Crippen MR) is 61.7 cm³/mol. The second-order valence-electron chi connectivity index (χ2n) is 5.32. The van der Waals surface area contributed by atoms with E-state index in [2.05, 4.69) is 20.8 Å². The van der Waals surface area contributed by atoms with Crippen molar-refractivity contribution in [2.24, 2.45) is 23.0 Å². The van der Waals surface area contributed by atoms with Crippen LogP contribution in [-0.2, 0) is 0 Å². The molecule has 0 unspecified atom stereocenters. The maximum Gasteiger partial charge on any atom is 0.0758 e. The summed E-state index contributed by atoms with van der Waals surface area (Å²) in [6.07, 6.45) is 5.01. The third-order valence-corrected chi connectivity index (χ3v) is 3.69. The molecule has 0 amide bonds. The number of thiocarbonyl (C=S) groups is 1. The molecule has 0 aromatic heterocycles. The molecular weight excluding hydrogens is 178 g/mol. The third kappa shape index (κ3) is 2.94. The average Bonchev–Trinajstić information content (AvgIpc) is 2.03.